The van der Waals surface area contributed by atoms with Gasteiger partial charge in [0.25, 0.3) is 5.91 Å². The van der Waals surface area contributed by atoms with Crippen molar-refractivity contribution < 1.29 is 14.7 Å². The predicted molar refractivity (Wildman–Crippen MR) is 83.6 cm³/mol. The van der Waals surface area contributed by atoms with Crippen LogP contribution in [0.25, 0.3) is 10.4 Å². The van der Waals surface area contributed by atoms with Gasteiger partial charge in [0.1, 0.15) is 5.69 Å². The van der Waals surface area contributed by atoms with Crippen LogP contribution in [0.4, 0.5) is 4.79 Å². The molecule has 2 aromatic rings. The lowest BCUT2D eigenvalue weighted by atomic mass is 10.1. The van der Waals surface area contributed by atoms with Crippen LogP contribution in [-0.4, -0.2) is 35.2 Å². The third kappa shape index (κ3) is 4.27. The molecular weight excluding hydrogens is 358 g/mol. The number of benzene rings is 1. The average Bonchev–Trinajstić information content (AvgIpc) is 2.92. The summed E-state index contributed by atoms with van der Waals surface area (Å²) >= 11 is 4.78. The Kier molecular flexibility index (Phi) is 5.29. The molecule has 1 aromatic carbocycles. The lowest BCUT2D eigenvalue weighted by Gasteiger charge is -2.05. The van der Waals surface area contributed by atoms with Crippen molar-refractivity contribution in [2.45, 2.75) is 0 Å². The van der Waals surface area contributed by atoms with Crippen LogP contribution in [0.1, 0.15) is 10.5 Å². The highest BCUT2D eigenvalue weighted by Crippen LogP contribution is 2.29. The Bertz CT molecular complexity index is 660. The van der Waals surface area contributed by atoms with E-state index in [1.807, 2.05) is 24.3 Å². The molecule has 0 aliphatic carbocycles. The van der Waals surface area contributed by atoms with Crippen molar-refractivity contribution in [2.75, 3.05) is 13.1 Å². The monoisotopic (exact) mass is 369 g/mol. The van der Waals surface area contributed by atoms with Gasteiger partial charge >= 0.3 is 6.09 Å². The fraction of sp³-hybridized carbons (Fsp3) is 0.154. The van der Waals surface area contributed by atoms with Crippen LogP contribution in [0.15, 0.2) is 34.2 Å². The maximum Gasteiger partial charge on any atom is 0.404 e. The highest BCUT2D eigenvalue weighted by atomic mass is 79.9. The number of halogens is 1. The molecule has 21 heavy (non-hydrogen) atoms. The fourth-order valence-corrected chi connectivity index (χ4v) is 2.85. The van der Waals surface area contributed by atoms with Crippen molar-refractivity contribution in [3.8, 4) is 10.4 Å². The van der Waals surface area contributed by atoms with Crippen molar-refractivity contribution in [1.29, 1.82) is 0 Å². The van der Waals surface area contributed by atoms with Gasteiger partial charge in [-0.05, 0) is 17.7 Å². The van der Waals surface area contributed by atoms with Crippen LogP contribution in [0, 0.1) is 0 Å². The molecule has 0 bridgehead atoms. The molecule has 0 saturated carbocycles. The smallest absolute Gasteiger partial charge is 0.404 e. The Labute approximate surface area is 133 Å². The van der Waals surface area contributed by atoms with Crippen LogP contribution in [0.2, 0.25) is 0 Å². The van der Waals surface area contributed by atoms with Crippen molar-refractivity contribution >= 4 is 39.3 Å². The number of rotatable bonds is 5. The maximum atomic E-state index is 12.1. The van der Waals surface area contributed by atoms with E-state index >= 15 is 0 Å². The molecule has 2 amide bonds. The molecule has 2 rings (SSSR count). The Morgan fingerprint density at radius 3 is 2.76 bits per heavy atom. The summed E-state index contributed by atoms with van der Waals surface area (Å²) in [5.74, 6) is -0.321. The molecule has 0 aliphatic heterocycles. The van der Waals surface area contributed by atoms with Crippen molar-refractivity contribution in [1.82, 2.24) is 15.6 Å². The number of carbonyl (C=O) groups is 2. The Hall–Kier alpha value is -1.93. The van der Waals surface area contributed by atoms with Crippen LogP contribution >= 0.6 is 27.3 Å². The minimum atomic E-state index is -1.12. The van der Waals surface area contributed by atoms with E-state index in [4.69, 9.17) is 5.11 Å². The lowest BCUT2D eigenvalue weighted by Crippen LogP contribution is -2.34. The van der Waals surface area contributed by atoms with Gasteiger partial charge in [0, 0.05) is 17.6 Å². The van der Waals surface area contributed by atoms with Gasteiger partial charge in [-0.25, -0.2) is 9.78 Å². The second kappa shape index (κ2) is 7.19. The van der Waals surface area contributed by atoms with Gasteiger partial charge in [-0.1, -0.05) is 28.1 Å². The van der Waals surface area contributed by atoms with Gasteiger partial charge in [-0.15, -0.1) is 11.3 Å². The molecule has 0 spiro atoms. The molecule has 0 radical (unpaired) electrons. The third-order valence-corrected chi connectivity index (χ3v) is 3.92. The van der Waals surface area contributed by atoms with Crippen molar-refractivity contribution in [2.24, 2.45) is 0 Å². The summed E-state index contributed by atoms with van der Waals surface area (Å²) in [6.07, 6.45) is -1.12. The minimum absolute atomic E-state index is 0.150. The molecule has 0 aliphatic rings. The molecule has 0 fully saturated rings. The number of amides is 2. The zero-order valence-electron chi connectivity index (χ0n) is 10.8. The Morgan fingerprint density at radius 1 is 1.29 bits per heavy atom. The summed E-state index contributed by atoms with van der Waals surface area (Å²) in [4.78, 5) is 27.2. The van der Waals surface area contributed by atoms with E-state index in [9.17, 15) is 9.59 Å². The summed E-state index contributed by atoms with van der Waals surface area (Å²) in [5.41, 5.74) is 2.86. The molecule has 0 saturated heterocycles. The first-order valence-corrected chi connectivity index (χ1v) is 7.69. The number of aromatic nitrogens is 1. The van der Waals surface area contributed by atoms with Gasteiger partial charge < -0.3 is 15.7 Å². The van der Waals surface area contributed by atoms with E-state index in [2.05, 4.69) is 31.5 Å². The van der Waals surface area contributed by atoms with E-state index in [1.54, 1.807) is 5.51 Å². The molecular formula is C13H12BrN3O3S. The molecule has 1 heterocycles. The quantitative estimate of drug-likeness (QED) is 0.706. The van der Waals surface area contributed by atoms with E-state index in [0.29, 0.717) is 5.69 Å². The van der Waals surface area contributed by atoms with E-state index in [0.717, 1.165) is 14.9 Å². The summed E-state index contributed by atoms with van der Waals surface area (Å²) in [7, 11) is 0. The summed E-state index contributed by atoms with van der Waals surface area (Å²) in [6, 6.07) is 7.61. The van der Waals surface area contributed by atoms with Gasteiger partial charge in [-0.2, -0.15) is 0 Å². The van der Waals surface area contributed by atoms with E-state index in [-0.39, 0.29) is 19.0 Å². The number of carbonyl (C=O) groups excluding carboxylic acids is 1. The highest BCUT2D eigenvalue weighted by Gasteiger charge is 2.16. The lowest BCUT2D eigenvalue weighted by molar-refractivity contribution is 0.0949. The largest absolute Gasteiger partial charge is 0.465 e. The maximum absolute atomic E-state index is 12.1. The van der Waals surface area contributed by atoms with Gasteiger partial charge in [0.05, 0.1) is 10.4 Å². The van der Waals surface area contributed by atoms with Crippen LogP contribution < -0.4 is 10.6 Å². The molecule has 1 aromatic heterocycles. The Balaban J connectivity index is 2.06. The number of hydrogen-bond acceptors (Lipinski definition) is 4. The van der Waals surface area contributed by atoms with Gasteiger partial charge in [0.2, 0.25) is 0 Å². The van der Waals surface area contributed by atoms with E-state index in [1.165, 1.54) is 11.3 Å². The zero-order chi connectivity index (χ0) is 15.2. The first-order valence-electron chi connectivity index (χ1n) is 6.02. The normalized spacial score (nSPS) is 10.1. The molecule has 8 heteroatoms. The zero-order valence-corrected chi connectivity index (χ0v) is 13.2. The standard InChI is InChI=1S/C13H12BrN3O3S/c14-9-3-1-2-8(6-9)11-10(17-7-21-11)12(18)15-4-5-16-13(19)20/h1-3,6-7,16H,4-5H2,(H,15,18)(H,19,20). The number of hydrogen-bond donors (Lipinski definition) is 3. The van der Waals surface area contributed by atoms with Crippen LogP contribution in [0.5, 0.6) is 0 Å². The molecule has 6 nitrogen and oxygen atoms in total. The summed E-state index contributed by atoms with van der Waals surface area (Å²) in [6.45, 7) is 0.359. The first kappa shape index (κ1) is 15.5. The van der Waals surface area contributed by atoms with Crippen LogP contribution in [0.3, 0.4) is 0 Å². The molecule has 0 atom stereocenters. The number of thiazole rings is 1. The van der Waals surface area contributed by atoms with Gasteiger partial charge in [-0.3, -0.25) is 4.79 Å². The Morgan fingerprint density at radius 2 is 2.05 bits per heavy atom. The number of nitrogens with zero attached hydrogens (tertiary/aromatic N) is 1. The highest BCUT2D eigenvalue weighted by molar-refractivity contribution is 9.10. The van der Waals surface area contributed by atoms with E-state index < -0.39 is 6.09 Å². The minimum Gasteiger partial charge on any atom is -0.465 e. The SMILES string of the molecule is O=C(O)NCCNC(=O)c1ncsc1-c1cccc(Br)c1. The first-order chi connectivity index (χ1) is 10.1. The van der Waals surface area contributed by atoms with Crippen LogP contribution in [-0.2, 0) is 0 Å². The second-order valence-corrected chi connectivity index (χ2v) is 5.80. The number of carboxylic acid groups (broad SMARTS) is 1. The molecule has 110 valence electrons. The number of nitrogens with one attached hydrogen (secondary N) is 2. The predicted octanol–water partition coefficient (Wildman–Crippen LogP) is 2.57. The van der Waals surface area contributed by atoms with Crippen molar-refractivity contribution in [3.63, 3.8) is 0 Å². The topological polar surface area (TPSA) is 91.3 Å². The summed E-state index contributed by atoms with van der Waals surface area (Å²) < 4.78 is 0.922. The average molecular weight is 370 g/mol. The molecule has 0 unspecified atom stereocenters. The summed E-state index contributed by atoms with van der Waals surface area (Å²) in [5, 5.41) is 13.3. The fourth-order valence-electron chi connectivity index (χ4n) is 1.67. The van der Waals surface area contributed by atoms with Gasteiger partial charge in [0.15, 0.2) is 0 Å². The molecule has 3 N–H and O–H groups in total. The van der Waals surface area contributed by atoms with Crippen molar-refractivity contribution in [3.05, 3.63) is 39.9 Å². The second-order valence-electron chi connectivity index (χ2n) is 4.03. The third-order valence-electron chi connectivity index (χ3n) is 2.56.